The number of hydrogen-bond donors (Lipinski definition) is 1. The number of aryl methyl sites for hydroxylation is 2. The second kappa shape index (κ2) is 14.8. The van der Waals surface area contributed by atoms with Gasteiger partial charge in [-0.15, -0.1) is 11.6 Å². The smallest absolute Gasteiger partial charge is 0.217 e. The molecule has 1 heterocycles. The normalized spacial score (nSPS) is 12.0. The Balaban J connectivity index is 0.000000296. The molecule has 0 spiro atoms. The van der Waals surface area contributed by atoms with Gasteiger partial charge in [0, 0.05) is 60.4 Å². The molecule has 0 amide bonds. The van der Waals surface area contributed by atoms with Crippen molar-refractivity contribution >= 4 is 27.3 Å². The summed E-state index contributed by atoms with van der Waals surface area (Å²) in [6.45, 7) is 16.2. The number of aliphatic hydroxyl groups is 1. The molecule has 0 fully saturated rings. The number of rotatable bonds is 9. The van der Waals surface area contributed by atoms with Crippen LogP contribution in [-0.4, -0.2) is 15.9 Å². The van der Waals surface area contributed by atoms with Crippen LogP contribution in [0.25, 0.3) is 21.5 Å². The van der Waals surface area contributed by atoms with Crippen molar-refractivity contribution in [2.24, 2.45) is 10.8 Å². The summed E-state index contributed by atoms with van der Waals surface area (Å²) in [7, 11) is 0. The molecule has 0 atom stereocenters. The van der Waals surface area contributed by atoms with Gasteiger partial charge < -0.3 is 9.84 Å². The molecule has 0 aliphatic heterocycles. The summed E-state index contributed by atoms with van der Waals surface area (Å²) in [5, 5.41) is 14.8. The first-order valence-electron chi connectivity index (χ1n) is 14.4. The molecule has 221 valence electrons. The first kappa shape index (κ1) is 34.2. The van der Waals surface area contributed by atoms with E-state index in [-0.39, 0.29) is 42.5 Å². The fraction of sp³-hybridized carbons (Fsp3) is 0.389. The van der Waals surface area contributed by atoms with Gasteiger partial charge in [-0.1, -0.05) is 91.8 Å². The summed E-state index contributed by atoms with van der Waals surface area (Å²) < 4.78 is 5.95. The topological polar surface area (TPSA) is 59.4 Å². The van der Waals surface area contributed by atoms with E-state index in [0.717, 1.165) is 47.8 Å². The molecule has 3 aromatic carbocycles. The second-order valence-electron chi connectivity index (χ2n) is 11.3. The zero-order valence-electron chi connectivity index (χ0n) is 25.7. The maximum Gasteiger partial charge on any atom is 0.217 e. The molecule has 0 saturated carbocycles. The van der Waals surface area contributed by atoms with E-state index in [1.807, 2.05) is 73.7 Å². The van der Waals surface area contributed by atoms with Crippen LogP contribution < -0.4 is 4.74 Å². The molecule has 1 aromatic heterocycles. The van der Waals surface area contributed by atoms with Crippen LogP contribution in [0.4, 0.5) is 0 Å². The number of carbonyl (C=O) groups excluding carboxylic acids is 1. The molecule has 41 heavy (non-hydrogen) atoms. The monoisotopic (exact) mass is 731 g/mol. The number of fused-ring (bicyclic) bond motifs is 3. The largest absolute Gasteiger partial charge is 0.512 e. The van der Waals surface area contributed by atoms with Gasteiger partial charge in [-0.2, -0.15) is 17.7 Å². The van der Waals surface area contributed by atoms with Crippen molar-refractivity contribution in [1.82, 2.24) is 4.98 Å². The van der Waals surface area contributed by atoms with Crippen LogP contribution in [0, 0.1) is 30.7 Å². The molecule has 0 aliphatic carbocycles. The van der Waals surface area contributed by atoms with E-state index in [4.69, 9.17) is 4.74 Å². The number of carbonyl (C=O) groups is 1. The third-order valence-corrected chi connectivity index (χ3v) is 8.65. The van der Waals surface area contributed by atoms with Gasteiger partial charge in [0.15, 0.2) is 5.78 Å². The number of nitrogens with zero attached hydrogens (tertiary/aromatic N) is 1. The Morgan fingerprint density at radius 3 is 2.12 bits per heavy atom. The Kier molecular flexibility index (Phi) is 12.3. The number of allylic oxidation sites excluding steroid dienone is 2. The van der Waals surface area contributed by atoms with Gasteiger partial charge >= 0.3 is 0 Å². The third kappa shape index (κ3) is 8.05. The van der Waals surface area contributed by atoms with Crippen LogP contribution >= 0.6 is 0 Å². The predicted octanol–water partition coefficient (Wildman–Crippen LogP) is 10.2. The number of aliphatic hydroxyl groups excluding tert-OH is 1. The average Bonchev–Trinajstić information content (AvgIpc) is 2.97. The summed E-state index contributed by atoms with van der Waals surface area (Å²) in [6, 6.07) is 21.8. The van der Waals surface area contributed by atoms with E-state index in [1.54, 1.807) is 0 Å². The molecule has 4 aromatic rings. The number of benzene rings is 3. The summed E-state index contributed by atoms with van der Waals surface area (Å²) in [6.07, 6.45) is 6.62. The Morgan fingerprint density at radius 2 is 1.51 bits per heavy atom. The van der Waals surface area contributed by atoms with E-state index in [9.17, 15) is 9.90 Å². The number of ether oxygens (including phenoxy) is 1. The molecule has 4 rings (SSSR count). The van der Waals surface area contributed by atoms with Crippen LogP contribution in [-0.2, 0) is 24.9 Å². The molecule has 0 aliphatic rings. The maximum absolute atomic E-state index is 12.2. The van der Waals surface area contributed by atoms with E-state index < -0.39 is 0 Å². The minimum absolute atomic E-state index is 0. The van der Waals surface area contributed by atoms with Gasteiger partial charge in [0.25, 0.3) is 0 Å². The van der Waals surface area contributed by atoms with Crippen molar-refractivity contribution in [3.8, 4) is 11.6 Å². The summed E-state index contributed by atoms with van der Waals surface area (Å²) in [5.74, 6) is 1.61. The first-order valence-corrected chi connectivity index (χ1v) is 14.4. The van der Waals surface area contributed by atoms with Gasteiger partial charge in [0.05, 0.1) is 0 Å². The van der Waals surface area contributed by atoms with Crippen molar-refractivity contribution in [3.63, 3.8) is 0 Å². The molecular formula is C36H44IrNO3-. The van der Waals surface area contributed by atoms with Gasteiger partial charge in [-0.25, -0.2) is 4.98 Å². The van der Waals surface area contributed by atoms with Gasteiger partial charge in [-0.05, 0) is 41.8 Å². The molecule has 0 bridgehead atoms. The molecule has 0 saturated heterocycles. The Hall–Kier alpha value is -3.01. The Morgan fingerprint density at radius 1 is 0.902 bits per heavy atom. The Bertz CT molecular complexity index is 1500. The quantitative estimate of drug-likeness (QED) is 0.0806. The Labute approximate surface area is 259 Å². The molecule has 1 radical (unpaired) electrons. The molecule has 4 nitrogen and oxygen atoms in total. The van der Waals surface area contributed by atoms with E-state index in [1.165, 1.54) is 22.4 Å². The second-order valence-corrected chi connectivity index (χ2v) is 11.3. The van der Waals surface area contributed by atoms with Crippen molar-refractivity contribution < 1.29 is 34.7 Å². The van der Waals surface area contributed by atoms with Crippen LogP contribution in [0.15, 0.2) is 72.6 Å². The van der Waals surface area contributed by atoms with Gasteiger partial charge in [0.2, 0.25) is 5.88 Å². The van der Waals surface area contributed by atoms with Gasteiger partial charge in [0.1, 0.15) is 5.76 Å². The summed E-state index contributed by atoms with van der Waals surface area (Å²) in [5.41, 5.74) is 1.63. The third-order valence-electron chi connectivity index (χ3n) is 8.65. The van der Waals surface area contributed by atoms with E-state index in [0.29, 0.717) is 5.88 Å². The number of pyridine rings is 1. The summed E-state index contributed by atoms with van der Waals surface area (Å²) in [4.78, 5) is 16.6. The fourth-order valence-corrected chi connectivity index (χ4v) is 4.58. The fourth-order valence-electron chi connectivity index (χ4n) is 4.58. The van der Waals surface area contributed by atoms with Crippen molar-refractivity contribution in [2.75, 3.05) is 0 Å². The summed E-state index contributed by atoms with van der Waals surface area (Å²) >= 11 is 0. The van der Waals surface area contributed by atoms with Crippen molar-refractivity contribution in [1.29, 1.82) is 0 Å². The van der Waals surface area contributed by atoms with E-state index in [2.05, 4.69) is 53.5 Å². The predicted molar refractivity (Wildman–Crippen MR) is 167 cm³/mol. The van der Waals surface area contributed by atoms with Crippen LogP contribution in [0.2, 0.25) is 0 Å². The minimum Gasteiger partial charge on any atom is -0.512 e. The number of aromatic nitrogens is 1. The molecular weight excluding hydrogens is 687 g/mol. The van der Waals surface area contributed by atoms with Crippen molar-refractivity contribution in [2.45, 2.75) is 81.1 Å². The van der Waals surface area contributed by atoms with E-state index >= 15 is 0 Å². The molecule has 5 heteroatoms. The van der Waals surface area contributed by atoms with Crippen LogP contribution in [0.1, 0.15) is 78.4 Å². The zero-order chi connectivity index (χ0) is 29.5. The zero-order valence-corrected chi connectivity index (χ0v) is 28.1. The molecule has 1 N–H and O–H groups in total. The first-order chi connectivity index (χ1) is 19.0. The van der Waals surface area contributed by atoms with Gasteiger partial charge in [-0.3, -0.25) is 4.79 Å². The molecule has 0 unspecified atom stereocenters. The number of hydrogen-bond acceptors (Lipinski definition) is 4. The SMILES string of the molecule is CCC(C)(CC)C(=O)/C=C(\O)C(C)(CC)CC.Cc1c[c-]c(Oc2cc3c(ccc4ccccc43)cn2)c(C)c1.[Ir]. The minimum atomic E-state index is -0.337. The standard InChI is InChI=1S/C21H16NO.C15H28O2.Ir/c1-14-7-10-20(15(2)11-14)23-21-12-19-17(13-22-21)9-8-16-5-3-4-6-18(16)19;1-7-14(5,8-2)12(16)11-13(17)15(6,9-3)10-4;/h3-9,11-13H,1-2H3;11,16H,7-10H2,1-6H3;/q-1;;/b;12-11-;. The van der Waals surface area contributed by atoms with Crippen LogP contribution in [0.5, 0.6) is 11.6 Å². The average molecular weight is 731 g/mol. The number of ketones is 1. The van der Waals surface area contributed by atoms with Crippen molar-refractivity contribution in [3.05, 3.63) is 89.8 Å². The maximum atomic E-state index is 12.2. The van der Waals surface area contributed by atoms with Crippen LogP contribution in [0.3, 0.4) is 0 Å².